The molecule has 2 aromatic carbocycles. The Morgan fingerprint density at radius 1 is 0.935 bits per heavy atom. The number of rotatable bonds is 6. The molecule has 0 spiro atoms. The van der Waals surface area contributed by atoms with E-state index in [0.717, 1.165) is 0 Å². The van der Waals surface area contributed by atoms with E-state index in [1.54, 1.807) is 24.3 Å². The number of aromatic nitrogens is 2. The van der Waals surface area contributed by atoms with Crippen molar-refractivity contribution in [3.05, 3.63) is 64.3 Å². The molecule has 1 saturated carbocycles. The summed E-state index contributed by atoms with van der Waals surface area (Å²) in [5.41, 5.74) is 0.476. The lowest BCUT2D eigenvalue weighted by Gasteiger charge is -2.21. The van der Waals surface area contributed by atoms with Crippen LogP contribution in [0.4, 0.5) is 22.0 Å². The average molecular weight is 480 g/mol. The molecule has 31 heavy (non-hydrogen) atoms. The monoisotopic (exact) mass is 479 g/mol. The third-order valence-corrected chi connectivity index (χ3v) is 6.71. The molecule has 0 unspecified atom stereocenters. The third-order valence-electron chi connectivity index (χ3n) is 4.54. The van der Waals surface area contributed by atoms with Crippen LogP contribution in [0, 0.1) is 29.1 Å². The molecule has 3 aromatic rings. The molecule has 1 aliphatic carbocycles. The molecule has 0 N–H and O–H groups in total. The molecule has 0 saturated heterocycles. The Morgan fingerprint density at radius 3 is 2.03 bits per heavy atom. The minimum Gasteiger partial charge on any atom is -0.419 e. The molecule has 164 valence electrons. The van der Waals surface area contributed by atoms with Crippen LogP contribution in [0.25, 0.3) is 11.5 Å². The topological polar surface area (TPSA) is 76.3 Å². The van der Waals surface area contributed by atoms with Crippen molar-refractivity contribution in [3.8, 4) is 11.5 Å². The smallest absolute Gasteiger partial charge is 0.249 e. The summed E-state index contributed by atoms with van der Waals surface area (Å²) in [5, 5.41) is 7.95. The molecule has 0 amide bonds. The van der Waals surface area contributed by atoms with Crippen molar-refractivity contribution in [1.29, 1.82) is 0 Å². The van der Waals surface area contributed by atoms with Gasteiger partial charge in [0.15, 0.2) is 28.2 Å². The van der Waals surface area contributed by atoms with Gasteiger partial charge in [-0.3, -0.25) is 0 Å². The standard InChI is InChI=1S/C18H11ClF5N3O3S/c19-9-3-1-8(2-4-9)18-26-25-11(30-18)7-27(10-5-6-10)31(28,29)17-15(23)13(21)12(20)14(22)16(17)24/h1-4,10H,5-7H2. The van der Waals surface area contributed by atoms with Gasteiger partial charge in [-0.1, -0.05) is 11.6 Å². The van der Waals surface area contributed by atoms with Crippen molar-refractivity contribution in [1.82, 2.24) is 14.5 Å². The van der Waals surface area contributed by atoms with E-state index in [0.29, 0.717) is 27.7 Å². The summed E-state index contributed by atoms with van der Waals surface area (Å²) < 4.78 is 100. The maximum Gasteiger partial charge on any atom is 0.249 e. The molecule has 0 atom stereocenters. The van der Waals surface area contributed by atoms with Gasteiger partial charge in [0.05, 0.1) is 6.54 Å². The van der Waals surface area contributed by atoms with E-state index in [1.807, 2.05) is 0 Å². The zero-order chi connectivity index (χ0) is 22.5. The third kappa shape index (κ3) is 3.90. The maximum absolute atomic E-state index is 14.2. The quantitative estimate of drug-likeness (QED) is 0.297. The molecule has 1 aromatic heterocycles. The first-order valence-electron chi connectivity index (χ1n) is 8.73. The maximum atomic E-state index is 14.2. The first-order chi connectivity index (χ1) is 14.6. The van der Waals surface area contributed by atoms with Crippen LogP contribution in [-0.2, 0) is 16.6 Å². The molecule has 1 aliphatic rings. The van der Waals surface area contributed by atoms with Crippen molar-refractivity contribution in [2.75, 3.05) is 0 Å². The minimum atomic E-state index is -5.13. The van der Waals surface area contributed by atoms with E-state index in [2.05, 4.69) is 10.2 Å². The fourth-order valence-corrected chi connectivity index (χ4v) is 4.74. The lowest BCUT2D eigenvalue weighted by Crippen LogP contribution is -2.34. The second kappa shape index (κ2) is 7.84. The summed E-state index contributed by atoms with van der Waals surface area (Å²) in [6, 6.07) is 5.55. The highest BCUT2D eigenvalue weighted by Gasteiger charge is 2.44. The number of hydrogen-bond donors (Lipinski definition) is 0. The average Bonchev–Trinajstić information content (AvgIpc) is 3.46. The Labute approximate surface area is 177 Å². The van der Waals surface area contributed by atoms with Crippen molar-refractivity contribution in [3.63, 3.8) is 0 Å². The van der Waals surface area contributed by atoms with Crippen LogP contribution in [0.1, 0.15) is 18.7 Å². The summed E-state index contributed by atoms with van der Waals surface area (Å²) in [4.78, 5) is -1.92. The highest BCUT2D eigenvalue weighted by atomic mass is 35.5. The van der Waals surface area contributed by atoms with E-state index in [1.165, 1.54) is 0 Å². The van der Waals surface area contributed by atoms with Gasteiger partial charge in [-0.15, -0.1) is 10.2 Å². The van der Waals surface area contributed by atoms with Gasteiger partial charge in [0.2, 0.25) is 27.6 Å². The molecule has 1 heterocycles. The molecule has 1 fully saturated rings. The summed E-state index contributed by atoms with van der Waals surface area (Å²) in [5.74, 6) is -12.2. The van der Waals surface area contributed by atoms with E-state index >= 15 is 0 Å². The lowest BCUT2D eigenvalue weighted by molar-refractivity contribution is 0.332. The molecule has 6 nitrogen and oxygen atoms in total. The van der Waals surface area contributed by atoms with Crippen molar-refractivity contribution >= 4 is 21.6 Å². The van der Waals surface area contributed by atoms with Gasteiger partial charge in [0, 0.05) is 16.6 Å². The molecule has 0 aliphatic heterocycles. The fourth-order valence-electron chi connectivity index (χ4n) is 2.86. The normalized spacial score (nSPS) is 14.4. The van der Waals surface area contributed by atoms with Gasteiger partial charge in [-0.2, -0.15) is 4.31 Å². The molecular formula is C18H11ClF5N3O3S. The second-order valence-electron chi connectivity index (χ2n) is 6.69. The Bertz CT molecular complexity index is 1230. The largest absolute Gasteiger partial charge is 0.419 e. The SMILES string of the molecule is O=S(=O)(c1c(F)c(F)c(F)c(F)c1F)N(Cc1nnc(-c2ccc(Cl)cc2)o1)C1CC1. The predicted molar refractivity (Wildman–Crippen MR) is 96.7 cm³/mol. The van der Waals surface area contributed by atoms with Crippen LogP contribution in [-0.4, -0.2) is 29.0 Å². The minimum absolute atomic E-state index is 0.0241. The van der Waals surface area contributed by atoms with Crippen molar-refractivity contribution < 1.29 is 34.8 Å². The Morgan fingerprint density at radius 2 is 1.48 bits per heavy atom. The number of sulfonamides is 1. The molecule has 13 heteroatoms. The summed E-state index contributed by atoms with van der Waals surface area (Å²) >= 11 is 5.80. The lowest BCUT2D eigenvalue weighted by atomic mass is 10.2. The van der Waals surface area contributed by atoms with E-state index in [4.69, 9.17) is 16.0 Å². The zero-order valence-electron chi connectivity index (χ0n) is 15.3. The highest BCUT2D eigenvalue weighted by molar-refractivity contribution is 7.89. The number of benzene rings is 2. The van der Waals surface area contributed by atoms with Gasteiger partial charge in [-0.05, 0) is 37.1 Å². The van der Waals surface area contributed by atoms with Gasteiger partial charge >= 0.3 is 0 Å². The molecule has 0 radical (unpaired) electrons. The number of nitrogens with zero attached hydrogens (tertiary/aromatic N) is 3. The van der Waals surface area contributed by atoms with E-state index in [-0.39, 0.29) is 11.8 Å². The Kier molecular flexibility index (Phi) is 5.48. The highest BCUT2D eigenvalue weighted by Crippen LogP contribution is 2.36. The zero-order valence-corrected chi connectivity index (χ0v) is 16.8. The van der Waals surface area contributed by atoms with E-state index in [9.17, 15) is 30.4 Å². The number of hydrogen-bond acceptors (Lipinski definition) is 5. The molecule has 4 rings (SSSR count). The van der Waals surface area contributed by atoms with Crippen LogP contribution in [0.15, 0.2) is 33.6 Å². The van der Waals surface area contributed by atoms with Crippen molar-refractivity contribution in [2.45, 2.75) is 30.3 Å². The first kappa shape index (κ1) is 21.7. The Balaban J connectivity index is 1.70. The van der Waals surface area contributed by atoms with Gasteiger partial charge < -0.3 is 4.42 Å². The van der Waals surface area contributed by atoms with Crippen LogP contribution >= 0.6 is 11.6 Å². The van der Waals surface area contributed by atoms with Crippen LogP contribution in [0.2, 0.25) is 5.02 Å². The van der Waals surface area contributed by atoms with Crippen LogP contribution < -0.4 is 0 Å². The van der Waals surface area contributed by atoms with Gasteiger partial charge in [0.1, 0.15) is 0 Å². The van der Waals surface area contributed by atoms with Crippen LogP contribution in [0.5, 0.6) is 0 Å². The molecule has 0 bridgehead atoms. The summed E-state index contributed by atoms with van der Waals surface area (Å²) in [6.07, 6.45) is 0.652. The van der Waals surface area contributed by atoms with E-state index < -0.39 is 56.6 Å². The Hall–Kier alpha value is -2.57. The summed E-state index contributed by atoms with van der Waals surface area (Å²) in [6.45, 7) is -0.618. The number of halogens is 6. The van der Waals surface area contributed by atoms with Crippen molar-refractivity contribution in [2.24, 2.45) is 0 Å². The van der Waals surface area contributed by atoms with Crippen LogP contribution in [0.3, 0.4) is 0 Å². The summed E-state index contributed by atoms with van der Waals surface area (Å²) in [7, 11) is -5.13. The predicted octanol–water partition coefficient (Wildman–Crippen LogP) is 4.44. The first-order valence-corrected chi connectivity index (χ1v) is 10.5. The fraction of sp³-hybridized carbons (Fsp3) is 0.222. The van der Waals surface area contributed by atoms with Gasteiger partial charge in [-0.25, -0.2) is 30.4 Å². The van der Waals surface area contributed by atoms with Gasteiger partial charge in [0.25, 0.3) is 0 Å². The molecular weight excluding hydrogens is 469 g/mol. The second-order valence-corrected chi connectivity index (χ2v) is 8.95.